The van der Waals surface area contributed by atoms with Gasteiger partial charge in [0, 0.05) is 12.2 Å². The van der Waals surface area contributed by atoms with Gasteiger partial charge in [-0.3, -0.25) is 4.79 Å². The molecule has 2 aromatic carbocycles. The van der Waals surface area contributed by atoms with Gasteiger partial charge in [0.1, 0.15) is 5.82 Å². The lowest BCUT2D eigenvalue weighted by atomic mass is 10.1. The largest absolute Gasteiger partial charge is 0.308 e. The first kappa shape index (κ1) is 13.3. The number of aryl methyl sites for hydroxylation is 1. The van der Waals surface area contributed by atoms with Gasteiger partial charge in [0.25, 0.3) is 5.91 Å². The summed E-state index contributed by atoms with van der Waals surface area (Å²) in [5, 5.41) is 0. The highest BCUT2D eigenvalue weighted by molar-refractivity contribution is 6.06. The molecule has 2 rings (SSSR count). The van der Waals surface area contributed by atoms with E-state index in [0.29, 0.717) is 6.54 Å². The van der Waals surface area contributed by atoms with Gasteiger partial charge in [0.05, 0.1) is 5.56 Å². The van der Waals surface area contributed by atoms with E-state index in [1.165, 1.54) is 12.1 Å². The van der Waals surface area contributed by atoms with E-state index in [-0.39, 0.29) is 11.5 Å². The molecular formula is C16H16FNO. The molecule has 19 heavy (non-hydrogen) atoms. The van der Waals surface area contributed by atoms with Crippen LogP contribution >= 0.6 is 0 Å². The predicted molar refractivity (Wildman–Crippen MR) is 74.9 cm³/mol. The Bertz CT molecular complexity index is 595. The summed E-state index contributed by atoms with van der Waals surface area (Å²) in [5.74, 6) is -0.797. The fourth-order valence-corrected chi connectivity index (χ4v) is 2.07. The molecule has 0 atom stereocenters. The minimum absolute atomic E-state index is 0.104. The lowest BCUT2D eigenvalue weighted by molar-refractivity contribution is 0.0984. The van der Waals surface area contributed by atoms with Crippen LogP contribution in [0.4, 0.5) is 10.1 Å². The Morgan fingerprint density at radius 2 is 1.74 bits per heavy atom. The Labute approximate surface area is 112 Å². The number of nitrogens with zero attached hydrogens (tertiary/aromatic N) is 1. The average Bonchev–Trinajstić information content (AvgIpc) is 2.42. The van der Waals surface area contributed by atoms with Gasteiger partial charge in [0.2, 0.25) is 0 Å². The van der Waals surface area contributed by atoms with Gasteiger partial charge in [-0.2, -0.15) is 0 Å². The number of carbonyl (C=O) groups is 1. The maximum Gasteiger partial charge on any atom is 0.261 e. The topological polar surface area (TPSA) is 20.3 Å². The van der Waals surface area contributed by atoms with Crippen LogP contribution in [0.5, 0.6) is 0 Å². The third-order valence-corrected chi connectivity index (χ3v) is 3.07. The van der Waals surface area contributed by atoms with Gasteiger partial charge in [0.15, 0.2) is 0 Å². The number of amides is 1. The van der Waals surface area contributed by atoms with Gasteiger partial charge >= 0.3 is 0 Å². The second kappa shape index (κ2) is 5.65. The number of para-hydroxylation sites is 1. The Kier molecular flexibility index (Phi) is 3.95. The van der Waals surface area contributed by atoms with Gasteiger partial charge in [-0.25, -0.2) is 4.39 Å². The third-order valence-electron chi connectivity index (χ3n) is 3.07. The first-order valence-corrected chi connectivity index (χ1v) is 6.27. The van der Waals surface area contributed by atoms with Crippen LogP contribution in [0.2, 0.25) is 0 Å². The molecule has 0 aromatic heterocycles. The molecule has 0 spiro atoms. The highest BCUT2D eigenvalue weighted by Gasteiger charge is 2.19. The molecule has 0 aliphatic rings. The molecule has 0 bridgehead atoms. The van der Waals surface area contributed by atoms with Crippen molar-refractivity contribution in [1.82, 2.24) is 0 Å². The van der Waals surface area contributed by atoms with Gasteiger partial charge in [-0.15, -0.1) is 0 Å². The summed E-state index contributed by atoms with van der Waals surface area (Å²) in [7, 11) is 0. The summed E-state index contributed by atoms with van der Waals surface area (Å²) >= 11 is 0. The standard InChI is InChI=1S/C16H16FNO/c1-3-18(15-11-7-4-8-12(15)2)16(19)13-9-5-6-10-14(13)17/h4-11H,3H2,1-2H3. The highest BCUT2D eigenvalue weighted by atomic mass is 19.1. The van der Waals surface area contributed by atoms with Crippen LogP contribution in [0.3, 0.4) is 0 Å². The van der Waals surface area contributed by atoms with Crippen molar-refractivity contribution in [2.45, 2.75) is 13.8 Å². The molecular weight excluding hydrogens is 241 g/mol. The van der Waals surface area contributed by atoms with Crippen LogP contribution in [-0.4, -0.2) is 12.5 Å². The maximum atomic E-state index is 13.7. The molecule has 0 radical (unpaired) electrons. The van der Waals surface area contributed by atoms with Crippen LogP contribution in [0.15, 0.2) is 48.5 Å². The van der Waals surface area contributed by atoms with E-state index in [2.05, 4.69) is 0 Å². The van der Waals surface area contributed by atoms with Crippen molar-refractivity contribution in [2.75, 3.05) is 11.4 Å². The molecule has 0 heterocycles. The van der Waals surface area contributed by atoms with Crippen molar-refractivity contribution in [2.24, 2.45) is 0 Å². The second-order valence-corrected chi connectivity index (χ2v) is 4.32. The zero-order chi connectivity index (χ0) is 13.8. The monoisotopic (exact) mass is 257 g/mol. The van der Waals surface area contributed by atoms with Crippen LogP contribution < -0.4 is 4.90 Å². The molecule has 3 heteroatoms. The molecule has 0 fully saturated rings. The molecule has 0 unspecified atom stereocenters. The van der Waals surface area contributed by atoms with Gasteiger partial charge in [-0.1, -0.05) is 30.3 Å². The summed E-state index contributed by atoms with van der Waals surface area (Å²) in [4.78, 5) is 14.0. The normalized spacial score (nSPS) is 10.3. The zero-order valence-electron chi connectivity index (χ0n) is 11.1. The number of benzene rings is 2. The Balaban J connectivity index is 2.41. The molecule has 98 valence electrons. The number of hydrogen-bond donors (Lipinski definition) is 0. The summed E-state index contributed by atoms with van der Waals surface area (Å²) in [6.45, 7) is 4.32. The Morgan fingerprint density at radius 1 is 1.11 bits per heavy atom. The minimum Gasteiger partial charge on any atom is -0.308 e. The first-order valence-electron chi connectivity index (χ1n) is 6.27. The lowest BCUT2D eigenvalue weighted by Crippen LogP contribution is -2.31. The Morgan fingerprint density at radius 3 is 2.37 bits per heavy atom. The first-order chi connectivity index (χ1) is 9.15. The summed E-state index contributed by atoms with van der Waals surface area (Å²) < 4.78 is 13.7. The van der Waals surface area contributed by atoms with Crippen LogP contribution in [0.25, 0.3) is 0 Å². The van der Waals surface area contributed by atoms with E-state index in [4.69, 9.17) is 0 Å². The van der Waals surface area contributed by atoms with E-state index in [1.54, 1.807) is 17.0 Å². The Hall–Kier alpha value is -2.16. The smallest absolute Gasteiger partial charge is 0.261 e. The van der Waals surface area contributed by atoms with Crippen LogP contribution in [0.1, 0.15) is 22.8 Å². The van der Waals surface area contributed by atoms with E-state index >= 15 is 0 Å². The van der Waals surface area contributed by atoms with Crippen molar-refractivity contribution in [3.8, 4) is 0 Å². The number of carbonyl (C=O) groups excluding carboxylic acids is 1. The second-order valence-electron chi connectivity index (χ2n) is 4.32. The predicted octanol–water partition coefficient (Wildman–Crippen LogP) is 3.80. The number of rotatable bonds is 3. The summed E-state index contributed by atoms with van der Waals surface area (Å²) in [6.07, 6.45) is 0. The zero-order valence-corrected chi connectivity index (χ0v) is 11.1. The van der Waals surface area contributed by atoms with Crippen LogP contribution in [-0.2, 0) is 0 Å². The van der Waals surface area contributed by atoms with E-state index < -0.39 is 5.82 Å². The molecule has 0 aliphatic carbocycles. The minimum atomic E-state index is -0.487. The molecule has 0 saturated carbocycles. The molecule has 1 amide bonds. The van der Waals surface area contributed by atoms with Crippen molar-refractivity contribution < 1.29 is 9.18 Å². The summed E-state index contributed by atoms with van der Waals surface area (Å²) in [5.41, 5.74) is 1.92. The summed E-state index contributed by atoms with van der Waals surface area (Å²) in [6, 6.07) is 13.7. The van der Waals surface area contributed by atoms with Crippen molar-refractivity contribution in [3.05, 3.63) is 65.5 Å². The molecule has 0 saturated heterocycles. The van der Waals surface area contributed by atoms with E-state index in [9.17, 15) is 9.18 Å². The van der Waals surface area contributed by atoms with Gasteiger partial charge in [-0.05, 0) is 37.6 Å². The van der Waals surface area contributed by atoms with Crippen LogP contribution in [0, 0.1) is 12.7 Å². The number of anilines is 1. The molecule has 2 nitrogen and oxygen atoms in total. The highest BCUT2D eigenvalue weighted by Crippen LogP contribution is 2.22. The van der Waals surface area contributed by atoms with E-state index in [0.717, 1.165) is 11.3 Å². The number of hydrogen-bond acceptors (Lipinski definition) is 1. The van der Waals surface area contributed by atoms with Crippen molar-refractivity contribution >= 4 is 11.6 Å². The third kappa shape index (κ3) is 2.65. The van der Waals surface area contributed by atoms with Gasteiger partial charge < -0.3 is 4.90 Å². The quantitative estimate of drug-likeness (QED) is 0.819. The fourth-order valence-electron chi connectivity index (χ4n) is 2.07. The van der Waals surface area contributed by atoms with E-state index in [1.807, 2.05) is 38.1 Å². The maximum absolute atomic E-state index is 13.7. The fraction of sp³-hybridized carbons (Fsp3) is 0.188. The number of halogens is 1. The molecule has 0 aliphatic heterocycles. The lowest BCUT2D eigenvalue weighted by Gasteiger charge is -2.23. The molecule has 0 N–H and O–H groups in total. The molecule has 2 aromatic rings. The average molecular weight is 257 g/mol. The SMILES string of the molecule is CCN(C(=O)c1ccccc1F)c1ccccc1C. The van der Waals surface area contributed by atoms with Crippen molar-refractivity contribution in [3.63, 3.8) is 0 Å². The van der Waals surface area contributed by atoms with Crippen molar-refractivity contribution in [1.29, 1.82) is 0 Å².